The molecule has 1 aliphatic carbocycles. The predicted octanol–water partition coefficient (Wildman–Crippen LogP) is 1.81. The Bertz CT molecular complexity index is 161. The number of nitrogens with zero attached hydrogens (tertiary/aromatic N) is 1. The van der Waals surface area contributed by atoms with Crippen LogP contribution in [0.5, 0.6) is 0 Å². The predicted molar refractivity (Wildman–Crippen MR) is 44.8 cm³/mol. The van der Waals surface area contributed by atoms with E-state index in [9.17, 15) is 0 Å². The van der Waals surface area contributed by atoms with Crippen LogP contribution in [0.1, 0.15) is 39.0 Å². The molecule has 11 heavy (non-hydrogen) atoms. The minimum atomic E-state index is -0.583. The molecule has 0 aromatic carbocycles. The van der Waals surface area contributed by atoms with Gasteiger partial charge in [-0.05, 0) is 25.7 Å². The Morgan fingerprint density at radius 2 is 1.91 bits per heavy atom. The van der Waals surface area contributed by atoms with Crippen molar-refractivity contribution in [3.8, 4) is 6.07 Å². The molecule has 1 rings (SSSR count). The molecular formula is C9H16N2. The van der Waals surface area contributed by atoms with Crippen molar-refractivity contribution in [1.29, 1.82) is 5.26 Å². The first-order chi connectivity index (χ1) is 5.17. The van der Waals surface area contributed by atoms with Crippen LogP contribution in [0.4, 0.5) is 0 Å². The van der Waals surface area contributed by atoms with Crippen LogP contribution >= 0.6 is 0 Å². The minimum Gasteiger partial charge on any atom is -0.313 e. The summed E-state index contributed by atoms with van der Waals surface area (Å²) in [5.74, 6) is 0.432. The molecule has 0 heterocycles. The van der Waals surface area contributed by atoms with Gasteiger partial charge in [-0.2, -0.15) is 5.26 Å². The lowest BCUT2D eigenvalue weighted by Gasteiger charge is -2.30. The highest BCUT2D eigenvalue weighted by Crippen LogP contribution is 2.30. The first kappa shape index (κ1) is 8.55. The van der Waals surface area contributed by atoms with Crippen molar-refractivity contribution in [3.05, 3.63) is 0 Å². The maximum atomic E-state index is 8.77. The Hall–Kier alpha value is -0.550. The zero-order valence-corrected chi connectivity index (χ0v) is 7.14. The highest BCUT2D eigenvalue weighted by Gasteiger charge is 2.30. The van der Waals surface area contributed by atoms with Gasteiger partial charge in [0, 0.05) is 0 Å². The van der Waals surface area contributed by atoms with E-state index in [1.54, 1.807) is 0 Å². The zero-order valence-electron chi connectivity index (χ0n) is 7.14. The molecule has 0 bridgehead atoms. The second kappa shape index (κ2) is 3.23. The summed E-state index contributed by atoms with van der Waals surface area (Å²) in [5.41, 5.74) is 5.25. The van der Waals surface area contributed by atoms with E-state index in [4.69, 9.17) is 11.0 Å². The van der Waals surface area contributed by atoms with Crippen LogP contribution < -0.4 is 5.73 Å². The third-order valence-electron chi connectivity index (χ3n) is 2.69. The maximum Gasteiger partial charge on any atom is 0.104 e. The van der Waals surface area contributed by atoms with E-state index in [1.807, 2.05) is 6.92 Å². The van der Waals surface area contributed by atoms with Crippen LogP contribution in [0.25, 0.3) is 0 Å². The van der Waals surface area contributed by atoms with Crippen LogP contribution in [0.2, 0.25) is 0 Å². The van der Waals surface area contributed by atoms with Crippen molar-refractivity contribution >= 4 is 0 Å². The SMILES string of the molecule is CC(N)(C#N)C1CCCCC1. The summed E-state index contributed by atoms with van der Waals surface area (Å²) in [7, 11) is 0. The lowest BCUT2D eigenvalue weighted by molar-refractivity contribution is 0.270. The standard InChI is InChI=1S/C9H16N2/c1-9(11,7-10)8-5-3-2-4-6-8/h8H,2-6,11H2,1H3. The van der Waals surface area contributed by atoms with Gasteiger partial charge >= 0.3 is 0 Å². The van der Waals surface area contributed by atoms with Gasteiger partial charge in [0.1, 0.15) is 5.54 Å². The van der Waals surface area contributed by atoms with Gasteiger partial charge in [-0.1, -0.05) is 19.3 Å². The fraction of sp³-hybridized carbons (Fsp3) is 0.889. The lowest BCUT2D eigenvalue weighted by atomic mass is 9.77. The van der Waals surface area contributed by atoms with E-state index in [2.05, 4.69) is 6.07 Å². The summed E-state index contributed by atoms with van der Waals surface area (Å²) >= 11 is 0. The molecule has 0 spiro atoms. The normalized spacial score (nSPS) is 25.5. The number of rotatable bonds is 1. The molecule has 2 nitrogen and oxygen atoms in total. The van der Waals surface area contributed by atoms with E-state index >= 15 is 0 Å². The topological polar surface area (TPSA) is 49.8 Å². The van der Waals surface area contributed by atoms with Crippen molar-refractivity contribution in [3.63, 3.8) is 0 Å². The molecule has 1 aliphatic rings. The number of nitriles is 1. The fourth-order valence-corrected chi connectivity index (χ4v) is 1.79. The van der Waals surface area contributed by atoms with Crippen molar-refractivity contribution in [2.75, 3.05) is 0 Å². The molecule has 0 saturated heterocycles. The van der Waals surface area contributed by atoms with Gasteiger partial charge in [0.15, 0.2) is 0 Å². The van der Waals surface area contributed by atoms with Gasteiger partial charge in [-0.3, -0.25) is 0 Å². The molecule has 2 N–H and O–H groups in total. The average Bonchev–Trinajstić information content (AvgIpc) is 2.06. The summed E-state index contributed by atoms with van der Waals surface area (Å²) in [4.78, 5) is 0. The number of hydrogen-bond acceptors (Lipinski definition) is 2. The van der Waals surface area contributed by atoms with E-state index in [1.165, 1.54) is 19.3 Å². The smallest absolute Gasteiger partial charge is 0.104 e. The Morgan fingerprint density at radius 3 is 2.36 bits per heavy atom. The second-order valence-electron chi connectivity index (χ2n) is 3.73. The first-order valence-corrected chi connectivity index (χ1v) is 4.37. The van der Waals surface area contributed by atoms with Gasteiger partial charge in [-0.25, -0.2) is 0 Å². The molecule has 1 unspecified atom stereocenters. The first-order valence-electron chi connectivity index (χ1n) is 4.37. The monoisotopic (exact) mass is 152 g/mol. The van der Waals surface area contributed by atoms with Crippen molar-refractivity contribution in [1.82, 2.24) is 0 Å². The Morgan fingerprint density at radius 1 is 1.36 bits per heavy atom. The third kappa shape index (κ3) is 1.94. The molecule has 0 aliphatic heterocycles. The van der Waals surface area contributed by atoms with E-state index in [-0.39, 0.29) is 0 Å². The summed E-state index contributed by atoms with van der Waals surface area (Å²) in [6, 6.07) is 2.19. The third-order valence-corrected chi connectivity index (χ3v) is 2.69. The average molecular weight is 152 g/mol. The lowest BCUT2D eigenvalue weighted by Crippen LogP contribution is -2.43. The molecular weight excluding hydrogens is 136 g/mol. The van der Waals surface area contributed by atoms with Crippen molar-refractivity contribution in [2.24, 2.45) is 11.7 Å². The van der Waals surface area contributed by atoms with Crippen molar-refractivity contribution < 1.29 is 0 Å². The van der Waals surface area contributed by atoms with Gasteiger partial charge in [0.25, 0.3) is 0 Å². The molecule has 62 valence electrons. The zero-order chi connectivity index (χ0) is 8.32. The number of nitrogens with two attached hydrogens (primary N) is 1. The van der Waals surface area contributed by atoms with Crippen LogP contribution in [0.3, 0.4) is 0 Å². The molecule has 0 aromatic heterocycles. The minimum absolute atomic E-state index is 0.432. The molecule has 1 fully saturated rings. The quantitative estimate of drug-likeness (QED) is 0.623. The molecule has 1 atom stereocenters. The van der Waals surface area contributed by atoms with Gasteiger partial charge in [-0.15, -0.1) is 0 Å². The van der Waals surface area contributed by atoms with E-state index in [0.29, 0.717) is 5.92 Å². The van der Waals surface area contributed by atoms with Crippen LogP contribution in [0.15, 0.2) is 0 Å². The molecule has 0 amide bonds. The Kier molecular flexibility index (Phi) is 2.51. The van der Waals surface area contributed by atoms with E-state index in [0.717, 1.165) is 12.8 Å². The molecule has 0 radical (unpaired) electrons. The Balaban J connectivity index is 2.52. The summed E-state index contributed by atoms with van der Waals surface area (Å²) in [6.45, 7) is 1.85. The van der Waals surface area contributed by atoms with Crippen LogP contribution in [-0.2, 0) is 0 Å². The summed E-state index contributed by atoms with van der Waals surface area (Å²) < 4.78 is 0. The highest BCUT2D eigenvalue weighted by atomic mass is 14.7. The Labute approximate surface area is 68.4 Å². The number of hydrogen-bond donors (Lipinski definition) is 1. The molecule has 2 heteroatoms. The second-order valence-corrected chi connectivity index (χ2v) is 3.73. The molecule has 0 aromatic rings. The van der Waals surface area contributed by atoms with Crippen molar-refractivity contribution in [2.45, 2.75) is 44.6 Å². The maximum absolute atomic E-state index is 8.77. The summed E-state index contributed by atoms with van der Waals surface area (Å²) in [6.07, 6.45) is 6.09. The molecule has 1 saturated carbocycles. The highest BCUT2D eigenvalue weighted by molar-refractivity contribution is 5.05. The van der Waals surface area contributed by atoms with Crippen LogP contribution in [0, 0.1) is 17.2 Å². The van der Waals surface area contributed by atoms with Gasteiger partial charge in [0.2, 0.25) is 0 Å². The largest absolute Gasteiger partial charge is 0.313 e. The van der Waals surface area contributed by atoms with Gasteiger partial charge < -0.3 is 5.73 Å². The van der Waals surface area contributed by atoms with Crippen LogP contribution in [-0.4, -0.2) is 5.54 Å². The van der Waals surface area contributed by atoms with Gasteiger partial charge in [0.05, 0.1) is 6.07 Å². The fourth-order valence-electron chi connectivity index (χ4n) is 1.79. The summed E-state index contributed by atoms with van der Waals surface area (Å²) in [5, 5.41) is 8.77. The van der Waals surface area contributed by atoms with E-state index < -0.39 is 5.54 Å².